The fourth-order valence-corrected chi connectivity index (χ4v) is 4.60. The Morgan fingerprint density at radius 1 is 1.46 bits per heavy atom. The number of guanidine groups is 1. The van der Waals surface area contributed by atoms with Crippen LogP contribution < -0.4 is 15.4 Å². The van der Waals surface area contributed by atoms with Crippen LogP contribution in [0.1, 0.15) is 37.2 Å². The standard InChI is InChI=1S/C20H28N4O2/c1-21-19(24-9-4-8-20(14-24)11-18(25)23-13-20)22-12-15-7-10-26-17-6-3-2-5-16(15)17/h2-3,5-6,15H,4,7-14H2,1H3,(H,21,22)(H,23,25). The van der Waals surface area contributed by atoms with Crippen molar-refractivity contribution in [2.75, 3.05) is 39.8 Å². The smallest absolute Gasteiger partial charge is 0.220 e. The molecule has 1 aromatic carbocycles. The molecule has 2 unspecified atom stereocenters. The predicted octanol–water partition coefficient (Wildman–Crippen LogP) is 1.73. The molecule has 2 N–H and O–H groups in total. The summed E-state index contributed by atoms with van der Waals surface area (Å²) < 4.78 is 5.77. The summed E-state index contributed by atoms with van der Waals surface area (Å²) in [7, 11) is 1.85. The molecular formula is C20H28N4O2. The van der Waals surface area contributed by atoms with E-state index in [-0.39, 0.29) is 11.3 Å². The van der Waals surface area contributed by atoms with Crippen LogP contribution in [0.3, 0.4) is 0 Å². The molecule has 3 aliphatic heterocycles. The summed E-state index contributed by atoms with van der Waals surface area (Å²) in [6, 6.07) is 8.32. The zero-order valence-electron chi connectivity index (χ0n) is 15.5. The highest BCUT2D eigenvalue weighted by molar-refractivity contribution is 5.81. The molecule has 2 fully saturated rings. The van der Waals surface area contributed by atoms with E-state index in [4.69, 9.17) is 4.74 Å². The maximum atomic E-state index is 11.7. The van der Waals surface area contributed by atoms with Crippen molar-refractivity contribution in [1.29, 1.82) is 0 Å². The quantitative estimate of drug-likeness (QED) is 0.626. The average Bonchev–Trinajstić information content (AvgIpc) is 3.02. The summed E-state index contributed by atoms with van der Waals surface area (Å²) in [6.45, 7) is 4.32. The zero-order chi connectivity index (χ0) is 18.0. The van der Waals surface area contributed by atoms with E-state index in [1.54, 1.807) is 0 Å². The molecule has 3 aliphatic rings. The van der Waals surface area contributed by atoms with E-state index in [0.29, 0.717) is 12.3 Å². The lowest BCUT2D eigenvalue weighted by Crippen LogP contribution is -2.51. The minimum atomic E-state index is 0.0816. The number of amides is 1. The summed E-state index contributed by atoms with van der Waals surface area (Å²) >= 11 is 0. The average molecular weight is 356 g/mol. The van der Waals surface area contributed by atoms with E-state index >= 15 is 0 Å². The van der Waals surface area contributed by atoms with Crippen molar-refractivity contribution in [2.45, 2.75) is 31.6 Å². The van der Waals surface area contributed by atoms with Gasteiger partial charge in [0, 0.05) is 51.0 Å². The second-order valence-corrected chi connectivity index (χ2v) is 7.78. The fraction of sp³-hybridized carbons (Fsp3) is 0.600. The lowest BCUT2D eigenvalue weighted by atomic mass is 9.79. The topological polar surface area (TPSA) is 66.0 Å². The van der Waals surface area contributed by atoms with E-state index in [0.717, 1.165) is 63.8 Å². The van der Waals surface area contributed by atoms with Gasteiger partial charge in [-0.25, -0.2) is 0 Å². The van der Waals surface area contributed by atoms with Gasteiger partial charge in [0.1, 0.15) is 5.75 Å². The second kappa shape index (κ2) is 7.17. The molecule has 0 aromatic heterocycles. The molecule has 6 heteroatoms. The molecule has 1 aromatic rings. The van der Waals surface area contributed by atoms with Crippen LogP contribution >= 0.6 is 0 Å². The Labute approximate surface area is 155 Å². The van der Waals surface area contributed by atoms with Crippen LogP contribution in [0.2, 0.25) is 0 Å². The van der Waals surface area contributed by atoms with Crippen LogP contribution in [0, 0.1) is 5.41 Å². The van der Waals surface area contributed by atoms with Crippen molar-refractivity contribution in [2.24, 2.45) is 10.4 Å². The zero-order valence-corrected chi connectivity index (χ0v) is 15.5. The third-order valence-corrected chi connectivity index (χ3v) is 5.96. The highest BCUT2D eigenvalue weighted by Gasteiger charge is 2.42. The molecule has 2 saturated heterocycles. The highest BCUT2D eigenvalue weighted by atomic mass is 16.5. The summed E-state index contributed by atoms with van der Waals surface area (Å²) in [5.74, 6) is 2.58. The van der Waals surface area contributed by atoms with E-state index in [9.17, 15) is 4.79 Å². The first-order valence-corrected chi connectivity index (χ1v) is 9.63. The fourth-order valence-electron chi connectivity index (χ4n) is 4.60. The van der Waals surface area contributed by atoms with Gasteiger partial charge in [-0.15, -0.1) is 0 Å². The number of benzene rings is 1. The van der Waals surface area contributed by atoms with Gasteiger partial charge in [0.05, 0.1) is 6.61 Å². The van der Waals surface area contributed by atoms with Gasteiger partial charge in [0.2, 0.25) is 5.91 Å². The van der Waals surface area contributed by atoms with Crippen molar-refractivity contribution in [3.05, 3.63) is 29.8 Å². The minimum Gasteiger partial charge on any atom is -0.493 e. The van der Waals surface area contributed by atoms with E-state index < -0.39 is 0 Å². The monoisotopic (exact) mass is 356 g/mol. The first-order chi connectivity index (χ1) is 12.7. The van der Waals surface area contributed by atoms with Gasteiger partial charge < -0.3 is 20.3 Å². The summed E-state index contributed by atoms with van der Waals surface area (Å²) in [5.41, 5.74) is 1.36. The van der Waals surface area contributed by atoms with Crippen molar-refractivity contribution in [3.8, 4) is 5.75 Å². The van der Waals surface area contributed by atoms with Crippen molar-refractivity contribution >= 4 is 11.9 Å². The number of likely N-dealkylation sites (tertiary alicyclic amines) is 1. The lowest BCUT2D eigenvalue weighted by Gasteiger charge is -2.41. The Kier molecular flexibility index (Phi) is 4.74. The van der Waals surface area contributed by atoms with Crippen LogP contribution in [-0.4, -0.2) is 56.6 Å². The number of aliphatic imine (C=N–C) groups is 1. The molecule has 0 saturated carbocycles. The van der Waals surface area contributed by atoms with Crippen molar-refractivity contribution in [3.63, 3.8) is 0 Å². The molecule has 140 valence electrons. The number of fused-ring (bicyclic) bond motifs is 1. The maximum Gasteiger partial charge on any atom is 0.220 e. The van der Waals surface area contributed by atoms with Crippen LogP contribution in [0.5, 0.6) is 5.75 Å². The van der Waals surface area contributed by atoms with Gasteiger partial charge in [0.25, 0.3) is 0 Å². The van der Waals surface area contributed by atoms with Gasteiger partial charge in [-0.1, -0.05) is 18.2 Å². The first kappa shape index (κ1) is 17.2. The van der Waals surface area contributed by atoms with Crippen LogP contribution in [-0.2, 0) is 4.79 Å². The van der Waals surface area contributed by atoms with Gasteiger partial charge in [0.15, 0.2) is 5.96 Å². The largest absolute Gasteiger partial charge is 0.493 e. The van der Waals surface area contributed by atoms with Gasteiger partial charge in [-0.05, 0) is 30.9 Å². The molecule has 4 rings (SSSR count). The van der Waals surface area contributed by atoms with Gasteiger partial charge >= 0.3 is 0 Å². The SMILES string of the molecule is CN=C(NCC1CCOc2ccccc21)N1CCCC2(CNC(=O)C2)C1. The molecular weight excluding hydrogens is 328 g/mol. The lowest BCUT2D eigenvalue weighted by molar-refractivity contribution is -0.119. The van der Waals surface area contributed by atoms with Crippen molar-refractivity contribution in [1.82, 2.24) is 15.5 Å². The molecule has 3 heterocycles. The Hall–Kier alpha value is -2.24. The third-order valence-electron chi connectivity index (χ3n) is 5.96. The van der Waals surface area contributed by atoms with Crippen molar-refractivity contribution < 1.29 is 9.53 Å². The maximum absolute atomic E-state index is 11.7. The third kappa shape index (κ3) is 3.37. The highest BCUT2D eigenvalue weighted by Crippen LogP contribution is 2.36. The number of hydrogen-bond acceptors (Lipinski definition) is 3. The molecule has 2 atom stereocenters. The number of hydrogen-bond donors (Lipinski definition) is 2. The Balaban J connectivity index is 1.40. The number of nitrogens with one attached hydrogen (secondary N) is 2. The molecule has 26 heavy (non-hydrogen) atoms. The molecule has 0 bridgehead atoms. The molecule has 1 spiro atoms. The number of nitrogens with zero attached hydrogens (tertiary/aromatic N) is 2. The number of piperidine rings is 1. The van der Waals surface area contributed by atoms with E-state index in [1.807, 2.05) is 13.1 Å². The summed E-state index contributed by atoms with van der Waals surface area (Å²) in [4.78, 5) is 18.6. The Morgan fingerprint density at radius 2 is 2.35 bits per heavy atom. The summed E-state index contributed by atoms with van der Waals surface area (Å²) in [5, 5.41) is 6.59. The van der Waals surface area contributed by atoms with Crippen LogP contribution in [0.4, 0.5) is 0 Å². The normalized spacial score (nSPS) is 28.5. The molecule has 0 aliphatic carbocycles. The number of carbonyl (C=O) groups excluding carboxylic acids is 1. The summed E-state index contributed by atoms with van der Waals surface area (Å²) in [6.07, 6.45) is 3.89. The van der Waals surface area contributed by atoms with Crippen LogP contribution in [0.25, 0.3) is 0 Å². The molecule has 6 nitrogen and oxygen atoms in total. The Morgan fingerprint density at radius 3 is 3.15 bits per heavy atom. The second-order valence-electron chi connectivity index (χ2n) is 7.78. The van der Waals surface area contributed by atoms with Gasteiger partial charge in [-0.2, -0.15) is 0 Å². The molecule has 0 radical (unpaired) electrons. The predicted molar refractivity (Wildman–Crippen MR) is 102 cm³/mol. The molecule has 1 amide bonds. The van der Waals surface area contributed by atoms with Gasteiger partial charge in [-0.3, -0.25) is 9.79 Å². The Bertz CT molecular complexity index is 705. The van der Waals surface area contributed by atoms with E-state index in [1.165, 1.54) is 5.56 Å². The number of para-hydroxylation sites is 1. The van der Waals surface area contributed by atoms with E-state index in [2.05, 4.69) is 38.7 Å². The first-order valence-electron chi connectivity index (χ1n) is 9.63. The number of rotatable bonds is 2. The minimum absolute atomic E-state index is 0.0816. The number of carbonyl (C=O) groups is 1. The van der Waals surface area contributed by atoms with Crippen LogP contribution in [0.15, 0.2) is 29.3 Å². The number of ether oxygens (including phenoxy) is 1.